The van der Waals surface area contributed by atoms with Gasteiger partial charge in [0.1, 0.15) is 6.10 Å². The van der Waals surface area contributed by atoms with E-state index in [-0.39, 0.29) is 0 Å². The minimum atomic E-state index is -0.834. The van der Waals surface area contributed by atoms with E-state index in [1.165, 1.54) is 103 Å². The summed E-state index contributed by atoms with van der Waals surface area (Å²) in [6, 6.07) is 0. The highest BCUT2D eigenvalue weighted by molar-refractivity contribution is 5.19. The van der Waals surface area contributed by atoms with Crippen molar-refractivity contribution in [2.45, 2.75) is 186 Å². The molecule has 0 amide bonds. The van der Waals surface area contributed by atoms with Crippen molar-refractivity contribution in [2.75, 3.05) is 0 Å². The van der Waals surface area contributed by atoms with Crippen LogP contribution in [0.4, 0.5) is 0 Å². The number of hydrogen-bond donors (Lipinski definition) is 2. The van der Waals surface area contributed by atoms with Crippen molar-refractivity contribution < 1.29 is 10.2 Å². The number of aliphatic hydroxyl groups excluding tert-OH is 2. The molecule has 0 aliphatic heterocycles. The topological polar surface area (TPSA) is 40.5 Å². The zero-order chi connectivity index (χ0) is 34.1. The minimum Gasteiger partial charge on any atom is -0.380 e. The molecule has 0 aromatic heterocycles. The molecule has 0 heterocycles. The van der Waals surface area contributed by atoms with Crippen molar-refractivity contribution in [1.29, 1.82) is 0 Å². The Morgan fingerprint density at radius 2 is 0.766 bits per heavy atom. The van der Waals surface area contributed by atoms with E-state index in [0.29, 0.717) is 6.42 Å². The largest absolute Gasteiger partial charge is 0.380 e. The van der Waals surface area contributed by atoms with E-state index in [2.05, 4.69) is 72.0 Å². The molecule has 0 unspecified atom stereocenters. The zero-order valence-corrected chi connectivity index (χ0v) is 29.9. The Morgan fingerprint density at radius 3 is 1.21 bits per heavy atom. The van der Waals surface area contributed by atoms with Crippen molar-refractivity contribution in [3.05, 3.63) is 48.6 Å². The SMILES string of the molecule is C#C/C=C\CCCCCCCCCCCCC/C=C\CCCC/C=C\CCCCC#C[C@@H](O)C#CCCCCC/C=C\C[C@H](O)C#C. The number of aliphatic hydroxyl groups is 2. The molecule has 0 saturated heterocycles. The summed E-state index contributed by atoms with van der Waals surface area (Å²) in [4.78, 5) is 0. The van der Waals surface area contributed by atoms with Crippen LogP contribution in [0.1, 0.15) is 173 Å². The summed E-state index contributed by atoms with van der Waals surface area (Å²) >= 11 is 0. The van der Waals surface area contributed by atoms with Gasteiger partial charge in [0.2, 0.25) is 0 Å². The van der Waals surface area contributed by atoms with E-state index in [1.807, 2.05) is 12.2 Å². The molecule has 0 saturated carbocycles. The van der Waals surface area contributed by atoms with Gasteiger partial charge >= 0.3 is 0 Å². The van der Waals surface area contributed by atoms with Crippen LogP contribution in [0.3, 0.4) is 0 Å². The Balaban J connectivity index is 3.42. The third-order valence-electron chi connectivity index (χ3n) is 8.07. The monoisotopic (exact) mass is 641 g/mol. The fraction of sp³-hybridized carbons (Fsp3) is 0.644. The van der Waals surface area contributed by atoms with Crippen molar-refractivity contribution in [3.63, 3.8) is 0 Å². The molecule has 47 heavy (non-hydrogen) atoms. The van der Waals surface area contributed by atoms with Crippen LogP contribution in [0.15, 0.2) is 48.6 Å². The molecular weight excluding hydrogens is 572 g/mol. The summed E-state index contributed by atoms with van der Waals surface area (Å²) in [5.41, 5.74) is 0. The lowest BCUT2D eigenvalue weighted by Gasteiger charge is -2.02. The molecule has 0 spiro atoms. The van der Waals surface area contributed by atoms with Gasteiger partial charge in [-0.15, -0.1) is 12.8 Å². The molecule has 2 heteroatoms. The normalized spacial score (nSPS) is 12.6. The van der Waals surface area contributed by atoms with Crippen LogP contribution >= 0.6 is 0 Å². The van der Waals surface area contributed by atoms with Gasteiger partial charge in [-0.2, -0.15) is 0 Å². The third kappa shape index (κ3) is 39.2. The first-order valence-electron chi connectivity index (χ1n) is 19.1. The summed E-state index contributed by atoms with van der Waals surface area (Å²) in [6.07, 6.45) is 58.3. The molecule has 0 aliphatic carbocycles. The maximum absolute atomic E-state index is 9.91. The van der Waals surface area contributed by atoms with Gasteiger partial charge in [0.15, 0.2) is 6.10 Å². The van der Waals surface area contributed by atoms with E-state index < -0.39 is 12.2 Å². The first-order chi connectivity index (χ1) is 23.2. The molecule has 2 nitrogen and oxygen atoms in total. The lowest BCUT2D eigenvalue weighted by atomic mass is 10.0. The molecule has 2 atom stereocenters. The highest BCUT2D eigenvalue weighted by Gasteiger charge is 1.95. The Bertz CT molecular complexity index is 1010. The molecule has 0 fully saturated rings. The van der Waals surface area contributed by atoms with E-state index in [0.717, 1.165) is 64.2 Å². The van der Waals surface area contributed by atoms with Gasteiger partial charge in [-0.3, -0.25) is 0 Å². The average Bonchev–Trinajstić information content (AvgIpc) is 3.08. The van der Waals surface area contributed by atoms with E-state index >= 15 is 0 Å². The van der Waals surface area contributed by atoms with Gasteiger partial charge in [0.05, 0.1) is 0 Å². The Morgan fingerprint density at radius 1 is 0.426 bits per heavy atom. The quantitative estimate of drug-likeness (QED) is 0.0466. The fourth-order valence-corrected chi connectivity index (χ4v) is 5.18. The van der Waals surface area contributed by atoms with E-state index in [1.54, 1.807) is 0 Å². The molecule has 0 radical (unpaired) electrons. The Kier molecular flexibility index (Phi) is 36.9. The molecule has 260 valence electrons. The number of rotatable bonds is 30. The predicted molar refractivity (Wildman–Crippen MR) is 206 cm³/mol. The predicted octanol–water partition coefficient (Wildman–Crippen LogP) is 11.7. The summed E-state index contributed by atoms with van der Waals surface area (Å²) in [7, 11) is 0. The van der Waals surface area contributed by atoms with Gasteiger partial charge in [-0.05, 0) is 96.0 Å². The summed E-state index contributed by atoms with van der Waals surface area (Å²) < 4.78 is 0. The van der Waals surface area contributed by atoms with Crippen LogP contribution in [-0.4, -0.2) is 22.4 Å². The molecule has 0 aromatic rings. The van der Waals surface area contributed by atoms with E-state index in [9.17, 15) is 10.2 Å². The minimum absolute atomic E-state index is 0.521. The lowest BCUT2D eigenvalue weighted by molar-refractivity contribution is 0.236. The van der Waals surface area contributed by atoms with Crippen molar-refractivity contribution in [2.24, 2.45) is 0 Å². The molecule has 0 rings (SSSR count). The Labute approximate surface area is 292 Å². The number of allylic oxidation sites excluding steroid dienone is 7. The van der Waals surface area contributed by atoms with Crippen LogP contribution in [0.2, 0.25) is 0 Å². The van der Waals surface area contributed by atoms with Crippen LogP contribution in [0, 0.1) is 48.4 Å². The fourth-order valence-electron chi connectivity index (χ4n) is 5.18. The van der Waals surface area contributed by atoms with Crippen molar-refractivity contribution >= 4 is 0 Å². The van der Waals surface area contributed by atoms with Gasteiger partial charge < -0.3 is 10.2 Å². The highest BCUT2D eigenvalue weighted by atomic mass is 16.3. The third-order valence-corrected chi connectivity index (χ3v) is 8.07. The van der Waals surface area contributed by atoms with Crippen LogP contribution in [-0.2, 0) is 0 Å². The second-order valence-corrected chi connectivity index (χ2v) is 12.5. The van der Waals surface area contributed by atoms with Gasteiger partial charge in [-0.25, -0.2) is 0 Å². The molecular formula is C45H68O2. The standard InChI is InChI=1S/C45H68O2/c1-3-5-6-7-8-9-10-11-12-13-14-15-16-17-18-19-20-21-22-23-24-25-26-27-28-29-33-36-39-42-45(47)43-40-37-34-31-30-32-35-38-41-44(46)4-2/h1-2,5-6,20-21,26-27,35,38,44-47H,7-19,22-25,28-34,36-37,41H2/b6-5-,21-20-,27-26-,38-35-/t44-,45-/m1/s1. The van der Waals surface area contributed by atoms with Gasteiger partial charge in [0, 0.05) is 19.3 Å². The van der Waals surface area contributed by atoms with Crippen LogP contribution in [0.5, 0.6) is 0 Å². The highest BCUT2D eigenvalue weighted by Crippen LogP contribution is 2.13. The molecule has 2 N–H and O–H groups in total. The average molecular weight is 641 g/mol. The van der Waals surface area contributed by atoms with Gasteiger partial charge in [-0.1, -0.05) is 142 Å². The lowest BCUT2D eigenvalue weighted by Crippen LogP contribution is -1.98. The van der Waals surface area contributed by atoms with Crippen LogP contribution in [0.25, 0.3) is 0 Å². The molecule has 0 aliphatic rings. The first kappa shape index (κ1) is 44.1. The number of unbranched alkanes of at least 4 members (excludes halogenated alkanes) is 22. The summed E-state index contributed by atoms with van der Waals surface area (Å²) in [6.45, 7) is 0. The van der Waals surface area contributed by atoms with Crippen molar-refractivity contribution in [1.82, 2.24) is 0 Å². The second kappa shape index (κ2) is 39.3. The number of terminal acetylenes is 2. The Hall–Kier alpha value is -2.88. The summed E-state index contributed by atoms with van der Waals surface area (Å²) in [5, 5.41) is 19.2. The smallest absolute Gasteiger partial charge is 0.176 e. The van der Waals surface area contributed by atoms with Gasteiger partial charge in [0.25, 0.3) is 0 Å². The maximum atomic E-state index is 9.91. The molecule has 0 aromatic carbocycles. The summed E-state index contributed by atoms with van der Waals surface area (Å²) in [5.74, 6) is 16.7. The second-order valence-electron chi connectivity index (χ2n) is 12.5. The van der Waals surface area contributed by atoms with E-state index in [4.69, 9.17) is 12.8 Å². The maximum Gasteiger partial charge on any atom is 0.176 e. The number of hydrogen-bond acceptors (Lipinski definition) is 2. The first-order valence-corrected chi connectivity index (χ1v) is 19.1. The zero-order valence-electron chi connectivity index (χ0n) is 29.9. The van der Waals surface area contributed by atoms with Crippen LogP contribution < -0.4 is 0 Å². The van der Waals surface area contributed by atoms with Crippen molar-refractivity contribution in [3.8, 4) is 48.4 Å². The molecule has 0 bridgehead atoms.